The van der Waals surface area contributed by atoms with Gasteiger partial charge in [0.2, 0.25) is 0 Å². The Kier molecular flexibility index (Phi) is 4.69. The Bertz CT molecular complexity index is 941. The number of hydrogen-bond donors (Lipinski definition) is 0. The van der Waals surface area contributed by atoms with Crippen molar-refractivity contribution in [3.8, 4) is 5.69 Å². The SMILES string of the molecule is CC(C)(C)[S@](=O)N=Cc1ccccc1-n1ncc2cc(Br)ccc21. The summed E-state index contributed by atoms with van der Waals surface area (Å²) in [5.74, 6) is 0. The number of rotatable bonds is 3. The van der Waals surface area contributed by atoms with Gasteiger partial charge in [0, 0.05) is 21.6 Å². The van der Waals surface area contributed by atoms with Crippen LogP contribution in [-0.2, 0) is 11.0 Å². The van der Waals surface area contributed by atoms with Crippen LogP contribution in [0.1, 0.15) is 26.3 Å². The summed E-state index contributed by atoms with van der Waals surface area (Å²) in [7, 11) is -1.29. The molecule has 0 bridgehead atoms. The zero-order valence-electron chi connectivity index (χ0n) is 13.7. The Labute approximate surface area is 152 Å². The topological polar surface area (TPSA) is 47.2 Å². The fourth-order valence-corrected chi connectivity index (χ4v) is 3.15. The summed E-state index contributed by atoms with van der Waals surface area (Å²) in [6.07, 6.45) is 3.50. The van der Waals surface area contributed by atoms with Crippen LogP contribution >= 0.6 is 15.9 Å². The molecule has 4 nitrogen and oxygen atoms in total. The number of para-hydroxylation sites is 1. The van der Waals surface area contributed by atoms with E-state index in [0.29, 0.717) is 0 Å². The van der Waals surface area contributed by atoms with Crippen LogP contribution in [0.15, 0.2) is 57.5 Å². The Morgan fingerprint density at radius 3 is 2.71 bits per heavy atom. The van der Waals surface area contributed by atoms with Gasteiger partial charge in [-0.25, -0.2) is 8.89 Å². The Morgan fingerprint density at radius 2 is 1.96 bits per heavy atom. The molecule has 0 radical (unpaired) electrons. The maximum atomic E-state index is 12.2. The summed E-state index contributed by atoms with van der Waals surface area (Å²) >= 11 is 3.48. The highest BCUT2D eigenvalue weighted by atomic mass is 79.9. The van der Waals surface area contributed by atoms with E-state index in [1.165, 1.54) is 0 Å². The molecule has 1 aromatic heterocycles. The van der Waals surface area contributed by atoms with E-state index in [9.17, 15) is 4.21 Å². The molecule has 0 amide bonds. The second kappa shape index (κ2) is 6.61. The second-order valence-electron chi connectivity index (χ2n) is 6.41. The number of benzene rings is 2. The van der Waals surface area contributed by atoms with Gasteiger partial charge in [-0.05, 0) is 45.0 Å². The molecule has 124 valence electrons. The standard InChI is InChI=1S/C18H18BrN3OS/c1-18(2,3)24(23)21-12-13-6-4-5-7-16(13)22-17-9-8-15(19)10-14(17)11-20-22/h4-12H,1-3H3/t24-/m0/s1. The van der Waals surface area contributed by atoms with E-state index in [1.54, 1.807) is 6.21 Å². The summed E-state index contributed by atoms with van der Waals surface area (Å²) in [4.78, 5) is 0. The van der Waals surface area contributed by atoms with Crippen molar-refractivity contribution in [1.82, 2.24) is 9.78 Å². The van der Waals surface area contributed by atoms with E-state index in [-0.39, 0.29) is 4.75 Å². The zero-order valence-corrected chi connectivity index (χ0v) is 16.1. The van der Waals surface area contributed by atoms with Crippen LogP contribution in [0.3, 0.4) is 0 Å². The fraction of sp³-hybridized carbons (Fsp3) is 0.222. The molecule has 3 rings (SSSR count). The smallest absolute Gasteiger partial charge is 0.144 e. The second-order valence-corrected chi connectivity index (χ2v) is 9.26. The summed E-state index contributed by atoms with van der Waals surface area (Å²) in [5.41, 5.74) is 2.79. The quantitative estimate of drug-likeness (QED) is 0.596. The lowest BCUT2D eigenvalue weighted by Gasteiger charge is -2.13. The van der Waals surface area contributed by atoms with Crippen molar-refractivity contribution in [3.05, 3.63) is 58.7 Å². The van der Waals surface area contributed by atoms with E-state index >= 15 is 0 Å². The van der Waals surface area contributed by atoms with Crippen molar-refractivity contribution in [3.63, 3.8) is 0 Å². The number of fused-ring (bicyclic) bond motifs is 1. The van der Waals surface area contributed by atoms with Gasteiger partial charge in [0.1, 0.15) is 11.0 Å². The molecule has 24 heavy (non-hydrogen) atoms. The van der Waals surface area contributed by atoms with Gasteiger partial charge in [-0.2, -0.15) is 9.50 Å². The normalized spacial score (nSPS) is 13.7. The summed E-state index contributed by atoms with van der Waals surface area (Å²) in [6, 6.07) is 13.9. The van der Waals surface area contributed by atoms with E-state index in [2.05, 4.69) is 25.4 Å². The minimum atomic E-state index is -1.29. The number of aromatic nitrogens is 2. The predicted molar refractivity (Wildman–Crippen MR) is 104 cm³/mol. The summed E-state index contributed by atoms with van der Waals surface area (Å²) < 4.78 is 18.9. The minimum Gasteiger partial charge on any atom is -0.234 e. The first kappa shape index (κ1) is 17.0. The van der Waals surface area contributed by atoms with Crippen LogP contribution in [0.4, 0.5) is 0 Å². The molecule has 0 spiro atoms. The van der Waals surface area contributed by atoms with Crippen molar-refractivity contribution < 1.29 is 4.21 Å². The van der Waals surface area contributed by atoms with Crippen molar-refractivity contribution in [2.75, 3.05) is 0 Å². The van der Waals surface area contributed by atoms with Crippen LogP contribution < -0.4 is 0 Å². The molecule has 1 atom stereocenters. The molecule has 1 heterocycles. The van der Waals surface area contributed by atoms with Gasteiger partial charge < -0.3 is 0 Å². The lowest BCUT2D eigenvalue weighted by molar-refractivity contribution is 0.651. The Hall–Kier alpha value is -1.79. The lowest BCUT2D eigenvalue weighted by atomic mass is 10.2. The summed E-state index contributed by atoms with van der Waals surface area (Å²) in [6.45, 7) is 5.72. The van der Waals surface area contributed by atoms with E-state index < -0.39 is 11.0 Å². The maximum absolute atomic E-state index is 12.2. The van der Waals surface area contributed by atoms with Gasteiger partial charge in [-0.15, -0.1) is 0 Å². The molecule has 0 N–H and O–H groups in total. The Morgan fingerprint density at radius 1 is 1.21 bits per heavy atom. The molecular weight excluding hydrogens is 386 g/mol. The number of nitrogens with zero attached hydrogens (tertiary/aromatic N) is 3. The highest BCUT2D eigenvalue weighted by molar-refractivity contribution is 9.10. The van der Waals surface area contributed by atoms with Crippen molar-refractivity contribution in [2.45, 2.75) is 25.5 Å². The highest BCUT2D eigenvalue weighted by Crippen LogP contribution is 2.23. The summed E-state index contributed by atoms with van der Waals surface area (Å²) in [5, 5.41) is 5.55. The van der Waals surface area contributed by atoms with Gasteiger partial charge in [-0.1, -0.05) is 34.1 Å². The first-order valence-electron chi connectivity index (χ1n) is 7.55. The molecule has 0 unspecified atom stereocenters. The average Bonchev–Trinajstić information content (AvgIpc) is 2.94. The van der Waals surface area contributed by atoms with E-state index in [0.717, 1.165) is 26.6 Å². The van der Waals surface area contributed by atoms with Gasteiger partial charge in [0.05, 0.1) is 22.1 Å². The molecule has 0 saturated carbocycles. The molecule has 0 aliphatic carbocycles. The highest BCUT2D eigenvalue weighted by Gasteiger charge is 2.18. The van der Waals surface area contributed by atoms with E-state index in [1.807, 2.05) is 74.1 Å². The van der Waals surface area contributed by atoms with Crippen LogP contribution in [-0.4, -0.2) is 25.0 Å². The first-order valence-corrected chi connectivity index (χ1v) is 9.45. The molecular formula is C18H18BrN3OS. The average molecular weight is 404 g/mol. The molecule has 6 heteroatoms. The van der Waals surface area contributed by atoms with Gasteiger partial charge in [0.15, 0.2) is 0 Å². The molecule has 0 aliphatic heterocycles. The lowest BCUT2D eigenvalue weighted by Crippen LogP contribution is -2.19. The molecule has 3 aromatic rings. The maximum Gasteiger partial charge on any atom is 0.144 e. The monoisotopic (exact) mass is 403 g/mol. The third-order valence-electron chi connectivity index (χ3n) is 3.51. The van der Waals surface area contributed by atoms with E-state index in [4.69, 9.17) is 0 Å². The fourth-order valence-electron chi connectivity index (χ4n) is 2.25. The third kappa shape index (κ3) is 3.49. The van der Waals surface area contributed by atoms with Gasteiger partial charge in [-0.3, -0.25) is 0 Å². The van der Waals surface area contributed by atoms with Crippen molar-refractivity contribution in [1.29, 1.82) is 0 Å². The van der Waals surface area contributed by atoms with Crippen LogP contribution in [0.5, 0.6) is 0 Å². The van der Waals surface area contributed by atoms with Crippen LogP contribution in [0.2, 0.25) is 0 Å². The van der Waals surface area contributed by atoms with Crippen molar-refractivity contribution >= 4 is 44.0 Å². The number of halogens is 1. The first-order chi connectivity index (χ1) is 11.4. The van der Waals surface area contributed by atoms with Crippen molar-refractivity contribution in [2.24, 2.45) is 4.40 Å². The molecule has 0 fully saturated rings. The molecule has 0 saturated heterocycles. The zero-order chi connectivity index (χ0) is 17.3. The minimum absolute atomic E-state index is 0.379. The molecule has 2 aromatic carbocycles. The predicted octanol–water partition coefficient (Wildman–Crippen LogP) is 4.67. The third-order valence-corrected chi connectivity index (χ3v) is 5.34. The van der Waals surface area contributed by atoms with Crippen LogP contribution in [0.25, 0.3) is 16.6 Å². The van der Waals surface area contributed by atoms with Crippen LogP contribution in [0, 0.1) is 0 Å². The molecule has 0 aliphatic rings. The van der Waals surface area contributed by atoms with Gasteiger partial charge in [0.25, 0.3) is 0 Å². The van der Waals surface area contributed by atoms with Gasteiger partial charge >= 0.3 is 0 Å². The number of hydrogen-bond acceptors (Lipinski definition) is 2. The Balaban J connectivity index is 2.06. The largest absolute Gasteiger partial charge is 0.234 e.